The Hall–Kier alpha value is -5.15. The highest BCUT2D eigenvalue weighted by atomic mass is 19.4. The largest absolute Gasteiger partial charge is 0.463 e. The van der Waals surface area contributed by atoms with E-state index in [4.69, 9.17) is 14.5 Å². The highest BCUT2D eigenvalue weighted by Gasteiger charge is 2.31. The van der Waals surface area contributed by atoms with Crippen LogP contribution < -0.4 is 15.4 Å². The van der Waals surface area contributed by atoms with Gasteiger partial charge in [0.1, 0.15) is 41.9 Å². The van der Waals surface area contributed by atoms with Crippen molar-refractivity contribution in [1.82, 2.24) is 34.4 Å². The highest BCUT2D eigenvalue weighted by molar-refractivity contribution is 6.03. The number of nitrogens with one attached hydrogen (secondary N) is 2. The van der Waals surface area contributed by atoms with Gasteiger partial charge < -0.3 is 25.0 Å². The third-order valence-corrected chi connectivity index (χ3v) is 7.79. The molecule has 0 saturated carbocycles. The molecule has 2 N–H and O–H groups in total. The number of aromatic nitrogens is 6. The number of rotatable bonds is 10. The van der Waals surface area contributed by atoms with Gasteiger partial charge in [0.2, 0.25) is 0 Å². The molecule has 1 amide bonds. The van der Waals surface area contributed by atoms with Crippen LogP contribution in [0.3, 0.4) is 0 Å². The smallest absolute Gasteiger partial charge is 0.416 e. The first-order valence-corrected chi connectivity index (χ1v) is 15.4. The molecule has 0 aliphatic carbocycles. The van der Waals surface area contributed by atoms with Crippen LogP contribution in [0.25, 0.3) is 22.4 Å². The van der Waals surface area contributed by atoms with E-state index in [1.54, 1.807) is 30.5 Å². The van der Waals surface area contributed by atoms with Crippen molar-refractivity contribution in [3.8, 4) is 17.3 Å². The lowest BCUT2D eigenvalue weighted by Gasteiger charge is -2.25. The predicted molar refractivity (Wildman–Crippen MR) is 173 cm³/mol. The van der Waals surface area contributed by atoms with Crippen LogP contribution in [-0.4, -0.2) is 74.1 Å². The van der Waals surface area contributed by atoms with Gasteiger partial charge in [0, 0.05) is 42.5 Å². The van der Waals surface area contributed by atoms with E-state index in [0.29, 0.717) is 71.4 Å². The van der Waals surface area contributed by atoms with Gasteiger partial charge in [-0.2, -0.15) is 18.2 Å². The van der Waals surface area contributed by atoms with Gasteiger partial charge in [0.05, 0.1) is 5.56 Å². The molecule has 5 heterocycles. The maximum absolute atomic E-state index is 13.2. The van der Waals surface area contributed by atoms with E-state index in [2.05, 4.69) is 30.6 Å². The first kappa shape index (κ1) is 32.8. The van der Waals surface area contributed by atoms with Crippen LogP contribution in [0.4, 0.5) is 30.4 Å². The zero-order chi connectivity index (χ0) is 33.8. The normalized spacial score (nSPS) is 15.1. The number of pyridine rings is 2. The SMILES string of the molecule is Cc1ccc(NC(=O)c2cc(C(F)(F)F)ccn2)cc1Nc1ncccc1-c1ncnc2c1nc(OCCN(C)C)n2C1CCCCO1. The predicted octanol–water partition coefficient (Wildman–Crippen LogP) is 6.25. The van der Waals surface area contributed by atoms with E-state index in [-0.39, 0.29) is 11.9 Å². The van der Waals surface area contributed by atoms with Gasteiger partial charge >= 0.3 is 12.2 Å². The number of hydrogen-bond acceptors (Lipinski definition) is 10. The van der Waals surface area contributed by atoms with E-state index in [1.807, 2.05) is 36.6 Å². The second-order valence-corrected chi connectivity index (χ2v) is 11.6. The molecule has 0 spiro atoms. The molecule has 4 aromatic heterocycles. The van der Waals surface area contributed by atoms with Crippen LogP contribution in [-0.2, 0) is 10.9 Å². The summed E-state index contributed by atoms with van der Waals surface area (Å²) in [4.78, 5) is 37.3. The summed E-state index contributed by atoms with van der Waals surface area (Å²) in [6.07, 6.45) is 1.97. The molecule has 1 aliphatic rings. The first-order valence-electron chi connectivity index (χ1n) is 15.4. The number of fused-ring (bicyclic) bond motifs is 1. The third-order valence-electron chi connectivity index (χ3n) is 7.79. The average molecular weight is 662 g/mol. The van der Waals surface area contributed by atoms with Crippen LogP contribution in [0.1, 0.15) is 47.1 Å². The van der Waals surface area contributed by atoms with E-state index in [1.165, 1.54) is 6.33 Å². The molecule has 1 saturated heterocycles. The number of imidazole rings is 1. The Morgan fingerprint density at radius 2 is 1.94 bits per heavy atom. The van der Waals surface area contributed by atoms with Gasteiger partial charge in [-0.1, -0.05) is 6.07 Å². The van der Waals surface area contributed by atoms with Gasteiger partial charge in [0.25, 0.3) is 5.91 Å². The Morgan fingerprint density at radius 3 is 2.71 bits per heavy atom. The van der Waals surface area contributed by atoms with Crippen LogP contribution in [0.15, 0.2) is 61.2 Å². The maximum atomic E-state index is 13.2. The quantitative estimate of drug-likeness (QED) is 0.177. The fraction of sp³-hybridized carbons (Fsp3) is 0.333. The maximum Gasteiger partial charge on any atom is 0.416 e. The molecule has 15 heteroatoms. The Bertz CT molecular complexity index is 1920. The van der Waals surface area contributed by atoms with Crippen LogP contribution in [0.2, 0.25) is 0 Å². The summed E-state index contributed by atoms with van der Waals surface area (Å²) in [7, 11) is 3.94. The number of nitrogens with zero attached hydrogens (tertiary/aromatic N) is 7. The van der Waals surface area contributed by atoms with Crippen molar-refractivity contribution in [2.45, 2.75) is 38.6 Å². The minimum Gasteiger partial charge on any atom is -0.463 e. The molecule has 48 heavy (non-hydrogen) atoms. The number of ether oxygens (including phenoxy) is 2. The van der Waals surface area contributed by atoms with Crippen molar-refractivity contribution in [2.75, 3.05) is 44.5 Å². The number of carbonyl (C=O) groups excluding carboxylic acids is 1. The summed E-state index contributed by atoms with van der Waals surface area (Å²) in [5, 5.41) is 5.97. The van der Waals surface area contributed by atoms with E-state index in [9.17, 15) is 18.0 Å². The molecule has 0 bridgehead atoms. The monoisotopic (exact) mass is 661 g/mol. The van der Waals surface area contributed by atoms with Gasteiger partial charge in [-0.25, -0.2) is 15.0 Å². The third kappa shape index (κ3) is 7.21. The number of benzene rings is 1. The van der Waals surface area contributed by atoms with Crippen LogP contribution in [0.5, 0.6) is 6.01 Å². The topological polar surface area (TPSA) is 132 Å². The standard InChI is InChI=1S/C33H34F3N9O3/c1-20-9-10-22(41-31(46)25-17-21(11-13-37-25)33(34,35)36)18-24(20)42-29-23(7-6-12-38-29)27-28-30(40-19-39-27)45(26-8-4-5-15-47-26)32(43-28)48-16-14-44(2)3/h6-7,9-13,17-19,26H,4-5,8,14-16H2,1-3H3,(H,38,42)(H,41,46). The van der Waals surface area contributed by atoms with Crippen molar-refractivity contribution in [3.05, 3.63) is 78.0 Å². The van der Waals surface area contributed by atoms with Gasteiger partial charge in [-0.15, -0.1) is 0 Å². The number of carbonyl (C=O) groups is 1. The van der Waals surface area contributed by atoms with Gasteiger partial charge in [-0.3, -0.25) is 14.3 Å². The van der Waals surface area contributed by atoms with E-state index >= 15 is 0 Å². The van der Waals surface area contributed by atoms with Gasteiger partial charge in [-0.05, 0) is 82.2 Å². The summed E-state index contributed by atoms with van der Waals surface area (Å²) >= 11 is 0. The molecule has 250 valence electrons. The summed E-state index contributed by atoms with van der Waals surface area (Å²) < 4.78 is 53.7. The molecule has 12 nitrogen and oxygen atoms in total. The number of alkyl halides is 3. The number of halogens is 3. The minimum atomic E-state index is -4.60. The number of anilines is 3. The van der Waals surface area contributed by atoms with E-state index < -0.39 is 17.6 Å². The molecule has 0 radical (unpaired) electrons. The molecular weight excluding hydrogens is 627 g/mol. The summed E-state index contributed by atoms with van der Waals surface area (Å²) in [6.45, 7) is 3.61. The van der Waals surface area contributed by atoms with Crippen LogP contribution in [0, 0.1) is 6.92 Å². The van der Waals surface area contributed by atoms with Crippen molar-refractivity contribution >= 4 is 34.3 Å². The highest BCUT2D eigenvalue weighted by Crippen LogP contribution is 2.37. The van der Waals surface area contributed by atoms with Gasteiger partial charge in [0.15, 0.2) is 5.65 Å². The molecule has 1 aromatic carbocycles. The molecule has 6 rings (SSSR count). The zero-order valence-corrected chi connectivity index (χ0v) is 26.6. The molecular formula is C33H34F3N9O3. The number of likely N-dealkylation sites (N-methyl/N-ethyl adjacent to an activating group) is 1. The summed E-state index contributed by atoms with van der Waals surface area (Å²) in [5.41, 5.74) is 2.72. The number of hydrogen-bond donors (Lipinski definition) is 2. The Balaban J connectivity index is 1.32. The Labute approximate surface area is 274 Å². The molecule has 1 aliphatic heterocycles. The Morgan fingerprint density at radius 1 is 1.08 bits per heavy atom. The second-order valence-electron chi connectivity index (χ2n) is 11.6. The lowest BCUT2D eigenvalue weighted by Crippen LogP contribution is -2.23. The van der Waals surface area contributed by atoms with Crippen LogP contribution >= 0.6 is 0 Å². The number of amides is 1. The van der Waals surface area contributed by atoms with Crippen molar-refractivity contribution in [2.24, 2.45) is 0 Å². The van der Waals surface area contributed by atoms with Crippen molar-refractivity contribution < 1.29 is 27.4 Å². The van der Waals surface area contributed by atoms with Crippen molar-refractivity contribution in [3.63, 3.8) is 0 Å². The summed E-state index contributed by atoms with van der Waals surface area (Å²) in [5.74, 6) is -0.318. The fourth-order valence-electron chi connectivity index (χ4n) is 5.28. The average Bonchev–Trinajstić information content (AvgIpc) is 3.45. The van der Waals surface area contributed by atoms with Crippen molar-refractivity contribution in [1.29, 1.82) is 0 Å². The lowest BCUT2D eigenvalue weighted by molar-refractivity contribution is -0.137. The van der Waals surface area contributed by atoms with E-state index in [0.717, 1.165) is 37.1 Å². The molecule has 5 aromatic rings. The molecule has 1 fully saturated rings. The Kier molecular flexibility index (Phi) is 9.50. The lowest BCUT2D eigenvalue weighted by atomic mass is 10.1. The zero-order valence-electron chi connectivity index (χ0n) is 26.6. The summed E-state index contributed by atoms with van der Waals surface area (Å²) in [6, 6.07) is 10.7. The molecule has 1 atom stereocenters. The number of aryl methyl sites for hydroxylation is 1. The minimum absolute atomic E-state index is 0.279. The first-order chi connectivity index (χ1) is 23.1. The fourth-order valence-corrected chi connectivity index (χ4v) is 5.28. The molecule has 1 unspecified atom stereocenters. The second kappa shape index (κ2) is 13.9.